The Hall–Kier alpha value is -3.91. The number of fused-ring (bicyclic) bond motifs is 1. The molecule has 6 N–H and O–H groups in total. The third-order valence-electron chi connectivity index (χ3n) is 4.45. The highest BCUT2D eigenvalue weighted by Crippen LogP contribution is 2.28. The first-order chi connectivity index (χ1) is 14.6. The van der Waals surface area contributed by atoms with Crippen LogP contribution in [0.25, 0.3) is 22.0 Å². The molecule has 7 nitrogen and oxygen atoms in total. The molecular weight excluding hydrogens is 396 g/mol. The lowest BCUT2D eigenvalue weighted by Crippen LogP contribution is -2.28. The molecule has 30 heavy (non-hydrogen) atoms. The molecule has 0 aliphatic heterocycles. The van der Waals surface area contributed by atoms with Crippen LogP contribution in [0.15, 0.2) is 77.1 Å². The van der Waals surface area contributed by atoms with Gasteiger partial charge in [0.25, 0.3) is 0 Å². The summed E-state index contributed by atoms with van der Waals surface area (Å²) in [6.45, 7) is 0.431. The first-order valence-corrected chi connectivity index (χ1v) is 10.1. The molecule has 4 rings (SSSR count). The van der Waals surface area contributed by atoms with Gasteiger partial charge < -0.3 is 22.1 Å². The van der Waals surface area contributed by atoms with E-state index in [-0.39, 0.29) is 12.0 Å². The molecule has 0 fully saturated rings. The molecule has 0 atom stereocenters. The van der Waals surface area contributed by atoms with Gasteiger partial charge in [0.05, 0.1) is 5.69 Å². The number of amides is 2. The Labute approximate surface area is 177 Å². The van der Waals surface area contributed by atoms with Crippen molar-refractivity contribution >= 4 is 44.9 Å². The molecular formula is C22H20N6OS. The zero-order valence-electron chi connectivity index (χ0n) is 16.0. The Balaban J connectivity index is 1.43. The molecule has 0 unspecified atom stereocenters. The summed E-state index contributed by atoms with van der Waals surface area (Å²) in [6, 6.07) is 21.3. The number of benzene rings is 3. The number of carbonyl (C=O) groups excluding carboxylic acids is 1. The predicted molar refractivity (Wildman–Crippen MR) is 123 cm³/mol. The minimum atomic E-state index is -0.278. The molecule has 0 spiro atoms. The van der Waals surface area contributed by atoms with Crippen LogP contribution >= 0.6 is 11.3 Å². The minimum Gasteiger partial charge on any atom is -0.370 e. The van der Waals surface area contributed by atoms with Gasteiger partial charge in [-0.05, 0) is 28.5 Å². The number of aromatic nitrogens is 1. The van der Waals surface area contributed by atoms with Crippen LogP contribution in [0, 0.1) is 0 Å². The van der Waals surface area contributed by atoms with E-state index in [1.807, 2.05) is 53.9 Å². The van der Waals surface area contributed by atoms with Crippen molar-refractivity contribution < 1.29 is 4.79 Å². The van der Waals surface area contributed by atoms with Crippen molar-refractivity contribution in [3.8, 4) is 11.3 Å². The third kappa shape index (κ3) is 4.56. The smallest absolute Gasteiger partial charge is 0.319 e. The standard InChI is InChI=1S/C22H20N6OS/c23-20(24)28-22-27-19(13-30-22)15-7-4-9-17(11-15)26-21(29)25-12-16-8-3-6-14-5-1-2-10-18(14)16/h1-11,13H,12H2,(H2,25,26,29)(H4,23,24,27,28). The molecule has 0 saturated carbocycles. The normalized spacial score (nSPS) is 10.5. The second kappa shape index (κ2) is 8.62. The summed E-state index contributed by atoms with van der Waals surface area (Å²) in [7, 11) is 0. The Morgan fingerprint density at radius 2 is 1.83 bits per heavy atom. The van der Waals surface area contributed by atoms with Crippen LogP contribution in [0.3, 0.4) is 0 Å². The van der Waals surface area contributed by atoms with Gasteiger partial charge >= 0.3 is 6.03 Å². The maximum atomic E-state index is 12.4. The molecule has 150 valence electrons. The molecule has 0 aliphatic rings. The Morgan fingerprint density at radius 1 is 1.03 bits per heavy atom. The first kappa shape index (κ1) is 19.4. The van der Waals surface area contributed by atoms with E-state index in [0.717, 1.165) is 27.6 Å². The highest BCUT2D eigenvalue weighted by Gasteiger charge is 2.08. The fraction of sp³-hybridized carbons (Fsp3) is 0.0455. The molecule has 2 amide bonds. The number of nitrogens with one attached hydrogen (secondary N) is 2. The number of hydrogen-bond donors (Lipinski definition) is 4. The van der Waals surface area contributed by atoms with Crippen molar-refractivity contribution in [3.63, 3.8) is 0 Å². The number of urea groups is 1. The number of carbonyl (C=O) groups is 1. The predicted octanol–water partition coefficient (Wildman–Crippen LogP) is 4.19. The number of nitrogens with zero attached hydrogens (tertiary/aromatic N) is 2. The number of rotatable bonds is 5. The van der Waals surface area contributed by atoms with E-state index in [1.165, 1.54) is 11.3 Å². The summed E-state index contributed by atoms with van der Waals surface area (Å²) in [4.78, 5) is 20.8. The van der Waals surface area contributed by atoms with Gasteiger partial charge in [-0.15, -0.1) is 11.3 Å². The zero-order chi connectivity index (χ0) is 20.9. The molecule has 0 aliphatic carbocycles. The largest absolute Gasteiger partial charge is 0.370 e. The summed E-state index contributed by atoms with van der Waals surface area (Å²) in [5, 5.41) is 10.4. The van der Waals surface area contributed by atoms with Crippen LogP contribution < -0.4 is 22.1 Å². The van der Waals surface area contributed by atoms with Gasteiger partial charge in [-0.3, -0.25) is 0 Å². The number of hydrogen-bond acceptors (Lipinski definition) is 4. The van der Waals surface area contributed by atoms with Gasteiger partial charge in [0.1, 0.15) is 0 Å². The van der Waals surface area contributed by atoms with Crippen molar-refractivity contribution in [1.82, 2.24) is 10.3 Å². The summed E-state index contributed by atoms with van der Waals surface area (Å²) in [5.41, 5.74) is 14.1. The summed E-state index contributed by atoms with van der Waals surface area (Å²) in [6.07, 6.45) is 0. The monoisotopic (exact) mass is 416 g/mol. The van der Waals surface area contributed by atoms with Gasteiger partial charge in [-0.1, -0.05) is 54.6 Å². The van der Waals surface area contributed by atoms with Crippen LogP contribution in [0.1, 0.15) is 5.56 Å². The molecule has 4 aromatic rings. The van der Waals surface area contributed by atoms with E-state index in [2.05, 4.69) is 38.8 Å². The lowest BCUT2D eigenvalue weighted by molar-refractivity contribution is 0.252. The lowest BCUT2D eigenvalue weighted by atomic mass is 10.0. The van der Waals surface area contributed by atoms with Gasteiger partial charge in [-0.25, -0.2) is 9.78 Å². The fourth-order valence-corrected chi connectivity index (χ4v) is 3.83. The second-order valence-corrected chi connectivity index (χ2v) is 7.42. The summed E-state index contributed by atoms with van der Waals surface area (Å²) < 4.78 is 0. The molecule has 1 heterocycles. The summed E-state index contributed by atoms with van der Waals surface area (Å²) in [5.74, 6) is -0.0332. The van der Waals surface area contributed by atoms with E-state index in [0.29, 0.717) is 17.4 Å². The number of anilines is 1. The van der Waals surface area contributed by atoms with Crippen LogP contribution in [-0.2, 0) is 6.54 Å². The maximum Gasteiger partial charge on any atom is 0.319 e. The lowest BCUT2D eigenvalue weighted by Gasteiger charge is -2.10. The van der Waals surface area contributed by atoms with E-state index in [1.54, 1.807) is 0 Å². The molecule has 3 aromatic carbocycles. The summed E-state index contributed by atoms with van der Waals surface area (Å²) >= 11 is 1.34. The average molecular weight is 417 g/mol. The molecule has 0 saturated heterocycles. The highest BCUT2D eigenvalue weighted by atomic mass is 32.1. The second-order valence-electron chi connectivity index (χ2n) is 6.58. The number of aliphatic imine (C=N–C) groups is 1. The van der Waals surface area contributed by atoms with Crippen LogP contribution in [0.4, 0.5) is 15.6 Å². The Morgan fingerprint density at radius 3 is 2.70 bits per heavy atom. The van der Waals surface area contributed by atoms with Crippen molar-refractivity contribution in [2.75, 3.05) is 5.32 Å². The van der Waals surface area contributed by atoms with Crippen LogP contribution in [0.2, 0.25) is 0 Å². The van der Waals surface area contributed by atoms with Crippen molar-refractivity contribution in [3.05, 3.63) is 77.7 Å². The van der Waals surface area contributed by atoms with Crippen molar-refractivity contribution in [2.24, 2.45) is 16.5 Å². The van der Waals surface area contributed by atoms with Gasteiger partial charge in [0.15, 0.2) is 5.96 Å². The first-order valence-electron chi connectivity index (χ1n) is 9.25. The van der Waals surface area contributed by atoms with Gasteiger partial charge in [-0.2, -0.15) is 4.99 Å². The Kier molecular flexibility index (Phi) is 5.58. The SMILES string of the molecule is NC(N)=Nc1nc(-c2cccc(NC(=O)NCc3cccc4ccccc34)c2)cs1. The van der Waals surface area contributed by atoms with Gasteiger partial charge in [0.2, 0.25) is 5.13 Å². The van der Waals surface area contributed by atoms with E-state index >= 15 is 0 Å². The number of guanidine groups is 1. The number of thiazole rings is 1. The highest BCUT2D eigenvalue weighted by molar-refractivity contribution is 7.13. The van der Waals surface area contributed by atoms with Crippen LogP contribution in [0.5, 0.6) is 0 Å². The molecule has 0 bridgehead atoms. The Bertz CT molecular complexity index is 1220. The van der Waals surface area contributed by atoms with E-state index in [4.69, 9.17) is 11.5 Å². The van der Waals surface area contributed by atoms with E-state index < -0.39 is 0 Å². The quantitative estimate of drug-likeness (QED) is 0.288. The minimum absolute atomic E-state index is 0.0332. The molecule has 0 radical (unpaired) electrons. The van der Waals surface area contributed by atoms with Crippen LogP contribution in [-0.4, -0.2) is 17.0 Å². The topological polar surface area (TPSA) is 118 Å². The van der Waals surface area contributed by atoms with Crippen molar-refractivity contribution in [2.45, 2.75) is 6.54 Å². The van der Waals surface area contributed by atoms with Gasteiger partial charge in [0, 0.05) is 23.2 Å². The fourth-order valence-electron chi connectivity index (χ4n) is 3.11. The molecule has 8 heteroatoms. The van der Waals surface area contributed by atoms with E-state index in [9.17, 15) is 4.79 Å². The third-order valence-corrected chi connectivity index (χ3v) is 5.19. The maximum absolute atomic E-state index is 12.4. The number of nitrogens with two attached hydrogens (primary N) is 2. The zero-order valence-corrected chi connectivity index (χ0v) is 16.8. The average Bonchev–Trinajstić information content (AvgIpc) is 3.20. The van der Waals surface area contributed by atoms with Crippen molar-refractivity contribution in [1.29, 1.82) is 0 Å². The molecule has 1 aromatic heterocycles.